The van der Waals surface area contributed by atoms with E-state index in [2.05, 4.69) is 37.3 Å². The van der Waals surface area contributed by atoms with Crippen molar-refractivity contribution in [1.29, 1.82) is 0 Å². The Morgan fingerprint density at radius 2 is 1.83 bits per heavy atom. The van der Waals surface area contributed by atoms with Gasteiger partial charge in [0.1, 0.15) is 0 Å². The van der Waals surface area contributed by atoms with Gasteiger partial charge in [0.15, 0.2) is 0 Å². The minimum absolute atomic E-state index is 0.778. The average Bonchev–Trinajstić information content (AvgIpc) is 2.03. The molecule has 1 saturated carbocycles. The van der Waals surface area contributed by atoms with E-state index in [4.69, 9.17) is 0 Å². The Labute approximate surface area is 74.6 Å². The van der Waals surface area contributed by atoms with Gasteiger partial charge in [0.25, 0.3) is 0 Å². The van der Waals surface area contributed by atoms with Crippen LogP contribution in [0.3, 0.4) is 0 Å². The molecule has 0 spiro atoms. The fraction of sp³-hybridized carbons (Fsp3) is 0.500. The van der Waals surface area contributed by atoms with E-state index in [-0.39, 0.29) is 0 Å². The highest BCUT2D eigenvalue weighted by atomic mass is 14.3. The zero-order valence-corrected chi connectivity index (χ0v) is 7.66. The maximum Gasteiger partial charge on any atom is -0.0162 e. The van der Waals surface area contributed by atoms with E-state index in [0.29, 0.717) is 0 Å². The Hall–Kier alpha value is -0.780. The second-order valence-corrected chi connectivity index (χ2v) is 3.89. The second kappa shape index (κ2) is 3.30. The summed E-state index contributed by atoms with van der Waals surface area (Å²) in [7, 11) is 0. The van der Waals surface area contributed by atoms with Gasteiger partial charge in [0.2, 0.25) is 0 Å². The van der Waals surface area contributed by atoms with Gasteiger partial charge >= 0.3 is 0 Å². The van der Waals surface area contributed by atoms with Crippen molar-refractivity contribution in [1.82, 2.24) is 0 Å². The summed E-state index contributed by atoms with van der Waals surface area (Å²) in [6.07, 6.45) is 4.33. The molecule has 0 radical (unpaired) electrons. The molecule has 0 nitrogen and oxygen atoms in total. The maximum absolute atomic E-state index is 2.36. The van der Waals surface area contributed by atoms with Crippen LogP contribution in [0.25, 0.3) is 0 Å². The Morgan fingerprint density at radius 3 is 2.33 bits per heavy atom. The van der Waals surface area contributed by atoms with Crippen LogP contribution in [0.5, 0.6) is 0 Å². The third-order valence-electron chi connectivity index (χ3n) is 3.18. The molecule has 12 heavy (non-hydrogen) atoms. The van der Waals surface area contributed by atoms with Crippen LogP contribution >= 0.6 is 0 Å². The van der Waals surface area contributed by atoms with Gasteiger partial charge in [-0.25, -0.2) is 0 Å². The summed E-state index contributed by atoms with van der Waals surface area (Å²) >= 11 is 0. The van der Waals surface area contributed by atoms with Gasteiger partial charge in [-0.1, -0.05) is 43.7 Å². The van der Waals surface area contributed by atoms with Crippen molar-refractivity contribution in [2.45, 2.75) is 32.1 Å². The largest absolute Gasteiger partial charge is 0.0622 e. The van der Waals surface area contributed by atoms with Crippen molar-refractivity contribution in [3.63, 3.8) is 0 Å². The zero-order chi connectivity index (χ0) is 8.39. The fourth-order valence-corrected chi connectivity index (χ4v) is 1.97. The molecule has 0 N–H and O–H groups in total. The van der Waals surface area contributed by atoms with Crippen LogP contribution in [0, 0.1) is 5.92 Å². The van der Waals surface area contributed by atoms with E-state index in [9.17, 15) is 0 Å². The monoisotopic (exact) mass is 160 g/mol. The molecule has 64 valence electrons. The summed E-state index contributed by atoms with van der Waals surface area (Å²) < 4.78 is 0. The second-order valence-electron chi connectivity index (χ2n) is 3.89. The molecule has 0 aliphatic heterocycles. The number of benzene rings is 1. The van der Waals surface area contributed by atoms with Crippen LogP contribution in [-0.4, -0.2) is 0 Å². The highest BCUT2D eigenvalue weighted by Gasteiger charge is 2.24. The highest BCUT2D eigenvalue weighted by Crippen LogP contribution is 2.38. The molecule has 1 aliphatic carbocycles. The molecule has 1 aromatic carbocycles. The summed E-state index contributed by atoms with van der Waals surface area (Å²) in [4.78, 5) is 0. The van der Waals surface area contributed by atoms with Crippen LogP contribution in [0.2, 0.25) is 0 Å². The molecule has 0 heteroatoms. The van der Waals surface area contributed by atoms with E-state index in [1.54, 1.807) is 0 Å². The van der Waals surface area contributed by atoms with Gasteiger partial charge in [0.05, 0.1) is 0 Å². The van der Waals surface area contributed by atoms with Gasteiger partial charge in [-0.3, -0.25) is 0 Å². The third kappa shape index (κ3) is 1.38. The van der Waals surface area contributed by atoms with E-state index < -0.39 is 0 Å². The first-order valence-corrected chi connectivity index (χ1v) is 4.93. The van der Waals surface area contributed by atoms with E-state index >= 15 is 0 Å². The molecular formula is C12H16. The number of rotatable bonds is 2. The molecule has 1 fully saturated rings. The quantitative estimate of drug-likeness (QED) is 0.620. The fourth-order valence-electron chi connectivity index (χ4n) is 1.97. The van der Waals surface area contributed by atoms with E-state index in [0.717, 1.165) is 11.8 Å². The molecule has 2 rings (SSSR count). The van der Waals surface area contributed by atoms with Crippen LogP contribution in [0.15, 0.2) is 30.3 Å². The Balaban J connectivity index is 2.08. The Kier molecular flexibility index (Phi) is 2.16. The van der Waals surface area contributed by atoms with Crippen LogP contribution in [-0.2, 0) is 0 Å². The smallest absolute Gasteiger partial charge is 0.0162 e. The molecule has 0 aromatic heterocycles. The molecule has 0 heterocycles. The highest BCUT2D eigenvalue weighted by molar-refractivity contribution is 5.19. The standard InChI is InChI=1S/C12H16/c1-10(12-8-5-9-12)11-6-3-2-4-7-11/h2-4,6-7,10,12H,5,8-9H2,1H3/t10-/m1/s1. The van der Waals surface area contributed by atoms with Crippen LogP contribution in [0.4, 0.5) is 0 Å². The summed E-state index contributed by atoms with van der Waals surface area (Å²) in [5.41, 5.74) is 1.52. The molecule has 0 bridgehead atoms. The lowest BCUT2D eigenvalue weighted by Gasteiger charge is -2.31. The van der Waals surface area contributed by atoms with Gasteiger partial charge in [0, 0.05) is 0 Å². The first-order valence-electron chi connectivity index (χ1n) is 4.93. The van der Waals surface area contributed by atoms with Gasteiger partial charge in [-0.15, -0.1) is 0 Å². The molecule has 0 amide bonds. The Morgan fingerprint density at radius 1 is 1.17 bits per heavy atom. The van der Waals surface area contributed by atoms with Crippen molar-refractivity contribution in [2.24, 2.45) is 5.92 Å². The summed E-state index contributed by atoms with van der Waals surface area (Å²) in [6.45, 7) is 2.36. The topological polar surface area (TPSA) is 0 Å². The minimum Gasteiger partial charge on any atom is -0.0622 e. The molecule has 1 atom stereocenters. The van der Waals surface area contributed by atoms with Crippen molar-refractivity contribution >= 4 is 0 Å². The lowest BCUT2D eigenvalue weighted by Crippen LogP contribution is -2.17. The third-order valence-corrected chi connectivity index (χ3v) is 3.18. The SMILES string of the molecule is C[C@H](c1ccccc1)C1CCC1. The molecule has 0 saturated heterocycles. The first-order chi connectivity index (χ1) is 5.88. The number of hydrogen-bond donors (Lipinski definition) is 0. The van der Waals surface area contributed by atoms with E-state index in [1.807, 2.05) is 0 Å². The van der Waals surface area contributed by atoms with Crippen molar-refractivity contribution < 1.29 is 0 Å². The maximum atomic E-state index is 2.36. The van der Waals surface area contributed by atoms with Crippen molar-refractivity contribution in [3.05, 3.63) is 35.9 Å². The van der Waals surface area contributed by atoms with Crippen molar-refractivity contribution in [3.8, 4) is 0 Å². The lowest BCUT2D eigenvalue weighted by molar-refractivity contribution is 0.272. The summed E-state index contributed by atoms with van der Waals surface area (Å²) in [5, 5.41) is 0. The average molecular weight is 160 g/mol. The summed E-state index contributed by atoms with van der Waals surface area (Å²) in [6, 6.07) is 10.9. The predicted molar refractivity (Wildman–Crippen MR) is 52.2 cm³/mol. The van der Waals surface area contributed by atoms with Gasteiger partial charge in [-0.2, -0.15) is 0 Å². The first kappa shape index (κ1) is 7.85. The van der Waals surface area contributed by atoms with Crippen LogP contribution in [0.1, 0.15) is 37.7 Å². The predicted octanol–water partition coefficient (Wildman–Crippen LogP) is 3.59. The summed E-state index contributed by atoms with van der Waals surface area (Å²) in [5.74, 6) is 1.74. The molecule has 1 aromatic rings. The lowest BCUT2D eigenvalue weighted by atomic mass is 9.74. The van der Waals surface area contributed by atoms with Crippen LogP contribution < -0.4 is 0 Å². The molecule has 0 unspecified atom stereocenters. The van der Waals surface area contributed by atoms with E-state index in [1.165, 1.54) is 24.8 Å². The molecule has 1 aliphatic rings. The Bertz CT molecular complexity index is 233. The van der Waals surface area contributed by atoms with Gasteiger partial charge in [-0.05, 0) is 30.2 Å². The minimum atomic E-state index is 0.778. The number of hydrogen-bond acceptors (Lipinski definition) is 0. The normalized spacial score (nSPS) is 20.1. The van der Waals surface area contributed by atoms with Gasteiger partial charge < -0.3 is 0 Å². The van der Waals surface area contributed by atoms with Crippen molar-refractivity contribution in [2.75, 3.05) is 0 Å². The zero-order valence-electron chi connectivity index (χ0n) is 7.66. The molecular weight excluding hydrogens is 144 g/mol.